The summed E-state index contributed by atoms with van der Waals surface area (Å²) in [5.41, 5.74) is 0. The zero-order valence-electron chi connectivity index (χ0n) is 11.8. The summed E-state index contributed by atoms with van der Waals surface area (Å²) in [5, 5.41) is 9.97. The molecule has 4 nitrogen and oxygen atoms in total. The van der Waals surface area contributed by atoms with Crippen LogP contribution in [0.2, 0.25) is 0 Å². The SMILES string of the molecule is C=CCC[C@@H](O)CN1CCC[C@H](N2CCCC2=O)C1. The number of piperidine rings is 1. The third-order valence-electron chi connectivity index (χ3n) is 4.20. The van der Waals surface area contributed by atoms with Crippen molar-refractivity contribution in [2.45, 2.75) is 50.7 Å². The van der Waals surface area contributed by atoms with Crippen molar-refractivity contribution in [1.82, 2.24) is 9.80 Å². The minimum Gasteiger partial charge on any atom is -0.392 e. The highest BCUT2D eigenvalue weighted by Crippen LogP contribution is 2.21. The van der Waals surface area contributed by atoms with Gasteiger partial charge in [-0.2, -0.15) is 0 Å². The van der Waals surface area contributed by atoms with Gasteiger partial charge in [0, 0.05) is 32.1 Å². The molecular weight excluding hydrogens is 240 g/mol. The predicted molar refractivity (Wildman–Crippen MR) is 75.8 cm³/mol. The van der Waals surface area contributed by atoms with Crippen LogP contribution in [0.3, 0.4) is 0 Å². The Morgan fingerprint density at radius 1 is 1.42 bits per heavy atom. The Morgan fingerprint density at radius 2 is 2.26 bits per heavy atom. The van der Waals surface area contributed by atoms with Crippen LogP contribution in [0.1, 0.15) is 38.5 Å². The summed E-state index contributed by atoms with van der Waals surface area (Å²) >= 11 is 0. The molecule has 1 N–H and O–H groups in total. The van der Waals surface area contributed by atoms with E-state index in [2.05, 4.69) is 16.4 Å². The molecule has 0 bridgehead atoms. The summed E-state index contributed by atoms with van der Waals surface area (Å²) in [6.07, 6.45) is 7.20. The summed E-state index contributed by atoms with van der Waals surface area (Å²) in [7, 11) is 0. The Morgan fingerprint density at radius 3 is 2.95 bits per heavy atom. The van der Waals surface area contributed by atoms with Crippen molar-refractivity contribution in [2.75, 3.05) is 26.2 Å². The summed E-state index contributed by atoms with van der Waals surface area (Å²) in [6, 6.07) is 0.371. The number of rotatable bonds is 6. The van der Waals surface area contributed by atoms with Gasteiger partial charge in [0.25, 0.3) is 0 Å². The van der Waals surface area contributed by atoms with Crippen LogP contribution in [-0.4, -0.2) is 59.1 Å². The van der Waals surface area contributed by atoms with Gasteiger partial charge < -0.3 is 10.0 Å². The molecule has 4 heteroatoms. The summed E-state index contributed by atoms with van der Waals surface area (Å²) in [4.78, 5) is 16.2. The summed E-state index contributed by atoms with van der Waals surface area (Å²) < 4.78 is 0. The third kappa shape index (κ3) is 4.05. The molecule has 0 saturated carbocycles. The highest BCUT2D eigenvalue weighted by Gasteiger charge is 2.31. The number of hydrogen-bond donors (Lipinski definition) is 1. The number of carbonyl (C=O) groups excluding carboxylic acids is 1. The van der Waals surface area contributed by atoms with Crippen molar-refractivity contribution in [3.8, 4) is 0 Å². The molecule has 2 fully saturated rings. The quantitative estimate of drug-likeness (QED) is 0.739. The summed E-state index contributed by atoms with van der Waals surface area (Å²) in [6.45, 7) is 7.31. The van der Waals surface area contributed by atoms with Crippen LogP contribution in [0.15, 0.2) is 12.7 Å². The van der Waals surface area contributed by atoms with Gasteiger partial charge in [-0.05, 0) is 38.6 Å². The normalized spacial score (nSPS) is 26.7. The molecule has 0 spiro atoms. The largest absolute Gasteiger partial charge is 0.392 e. The van der Waals surface area contributed by atoms with Crippen LogP contribution in [0.4, 0.5) is 0 Å². The van der Waals surface area contributed by atoms with Gasteiger partial charge >= 0.3 is 0 Å². The second-order valence-electron chi connectivity index (χ2n) is 5.77. The smallest absolute Gasteiger partial charge is 0.222 e. The van der Waals surface area contributed by atoms with Crippen LogP contribution in [0.25, 0.3) is 0 Å². The first kappa shape index (κ1) is 14.5. The lowest BCUT2D eigenvalue weighted by atomic mass is 10.0. The van der Waals surface area contributed by atoms with E-state index >= 15 is 0 Å². The van der Waals surface area contributed by atoms with Crippen LogP contribution in [-0.2, 0) is 4.79 Å². The maximum Gasteiger partial charge on any atom is 0.222 e. The first-order valence-corrected chi connectivity index (χ1v) is 7.51. The molecule has 2 saturated heterocycles. The number of β-amino-alcohol motifs (C(OH)–C–C–N with tert-alkyl or cyclic N) is 1. The monoisotopic (exact) mass is 266 g/mol. The zero-order chi connectivity index (χ0) is 13.7. The first-order valence-electron chi connectivity index (χ1n) is 7.51. The first-order chi connectivity index (χ1) is 9.20. The van der Waals surface area contributed by atoms with Crippen molar-refractivity contribution < 1.29 is 9.90 Å². The van der Waals surface area contributed by atoms with Gasteiger partial charge in [-0.25, -0.2) is 0 Å². The van der Waals surface area contributed by atoms with Crippen LogP contribution < -0.4 is 0 Å². The van der Waals surface area contributed by atoms with Crippen LogP contribution in [0, 0.1) is 0 Å². The molecule has 2 heterocycles. The van der Waals surface area contributed by atoms with Crippen LogP contribution in [0.5, 0.6) is 0 Å². The number of likely N-dealkylation sites (tertiary alicyclic amines) is 2. The molecular formula is C15H26N2O2. The fourth-order valence-corrected chi connectivity index (χ4v) is 3.21. The number of hydrogen-bond acceptors (Lipinski definition) is 3. The fraction of sp³-hybridized carbons (Fsp3) is 0.800. The van der Waals surface area contributed by atoms with E-state index in [1.807, 2.05) is 6.08 Å². The second kappa shape index (κ2) is 7.06. The molecule has 1 amide bonds. The van der Waals surface area contributed by atoms with E-state index in [4.69, 9.17) is 0 Å². The van der Waals surface area contributed by atoms with Gasteiger partial charge in [0.05, 0.1) is 6.10 Å². The average molecular weight is 266 g/mol. The predicted octanol–water partition coefficient (Wildman–Crippen LogP) is 1.40. The van der Waals surface area contributed by atoms with Crippen molar-refractivity contribution >= 4 is 5.91 Å². The van der Waals surface area contributed by atoms with E-state index < -0.39 is 0 Å². The van der Waals surface area contributed by atoms with Crippen molar-refractivity contribution in [3.63, 3.8) is 0 Å². The number of aliphatic hydroxyl groups excluding tert-OH is 1. The lowest BCUT2D eigenvalue weighted by Crippen LogP contribution is -2.50. The molecule has 0 aromatic carbocycles. The standard InChI is InChI=1S/C15H26N2O2/c1-2-3-7-14(18)12-16-9-4-6-13(11-16)17-10-5-8-15(17)19/h2,13-14,18H,1,3-12H2/t13-,14+/m0/s1. The molecule has 108 valence electrons. The summed E-state index contributed by atoms with van der Waals surface area (Å²) in [5.74, 6) is 0.319. The van der Waals surface area contributed by atoms with Gasteiger partial charge in [-0.15, -0.1) is 6.58 Å². The molecule has 2 aliphatic heterocycles. The Bertz CT molecular complexity index is 319. The number of allylic oxidation sites excluding steroid dienone is 1. The van der Waals surface area contributed by atoms with Gasteiger partial charge in [0.15, 0.2) is 0 Å². The molecule has 2 rings (SSSR count). The highest BCUT2D eigenvalue weighted by molar-refractivity contribution is 5.78. The lowest BCUT2D eigenvalue weighted by Gasteiger charge is -2.38. The molecule has 0 unspecified atom stereocenters. The lowest BCUT2D eigenvalue weighted by molar-refractivity contribution is -0.130. The number of carbonyl (C=O) groups is 1. The van der Waals surface area contributed by atoms with Gasteiger partial charge in [-0.3, -0.25) is 9.69 Å². The van der Waals surface area contributed by atoms with Gasteiger partial charge in [0.1, 0.15) is 0 Å². The van der Waals surface area contributed by atoms with Crippen LogP contribution >= 0.6 is 0 Å². The van der Waals surface area contributed by atoms with Crippen molar-refractivity contribution in [1.29, 1.82) is 0 Å². The molecule has 19 heavy (non-hydrogen) atoms. The van der Waals surface area contributed by atoms with E-state index in [9.17, 15) is 9.90 Å². The fourth-order valence-electron chi connectivity index (χ4n) is 3.21. The van der Waals surface area contributed by atoms with E-state index in [0.29, 0.717) is 11.9 Å². The Labute approximate surface area is 116 Å². The van der Waals surface area contributed by atoms with Crippen molar-refractivity contribution in [3.05, 3.63) is 12.7 Å². The molecule has 0 radical (unpaired) electrons. The molecule has 0 aromatic rings. The molecule has 2 aliphatic rings. The maximum absolute atomic E-state index is 11.8. The minimum atomic E-state index is -0.272. The minimum absolute atomic E-state index is 0.272. The Balaban J connectivity index is 1.79. The average Bonchev–Trinajstić information content (AvgIpc) is 2.83. The van der Waals surface area contributed by atoms with E-state index in [0.717, 1.165) is 64.7 Å². The maximum atomic E-state index is 11.8. The Kier molecular flexibility index (Phi) is 5.40. The second-order valence-corrected chi connectivity index (χ2v) is 5.77. The molecule has 0 aliphatic carbocycles. The van der Waals surface area contributed by atoms with E-state index in [1.165, 1.54) is 0 Å². The Hall–Kier alpha value is -0.870. The van der Waals surface area contributed by atoms with E-state index in [-0.39, 0.29) is 6.10 Å². The topological polar surface area (TPSA) is 43.8 Å². The molecule has 0 aromatic heterocycles. The highest BCUT2D eigenvalue weighted by atomic mass is 16.3. The number of amides is 1. The van der Waals surface area contributed by atoms with Gasteiger partial charge in [0.2, 0.25) is 5.91 Å². The molecule has 2 atom stereocenters. The van der Waals surface area contributed by atoms with Crippen molar-refractivity contribution in [2.24, 2.45) is 0 Å². The number of aliphatic hydroxyl groups is 1. The van der Waals surface area contributed by atoms with Gasteiger partial charge in [-0.1, -0.05) is 6.08 Å². The number of nitrogens with zero attached hydrogens (tertiary/aromatic N) is 2. The zero-order valence-corrected chi connectivity index (χ0v) is 11.8. The third-order valence-corrected chi connectivity index (χ3v) is 4.20. The van der Waals surface area contributed by atoms with E-state index in [1.54, 1.807) is 0 Å².